The average Bonchev–Trinajstić information content (AvgIpc) is 2.77. The van der Waals surface area contributed by atoms with Gasteiger partial charge in [-0.2, -0.15) is 13.2 Å². The molecule has 2 aliphatic heterocycles. The zero-order valence-corrected chi connectivity index (χ0v) is 19.6. The molecule has 2 saturated heterocycles. The number of nitrogens with one attached hydrogen (secondary N) is 2. The van der Waals surface area contributed by atoms with Crippen molar-refractivity contribution in [2.45, 2.75) is 44.4 Å². The van der Waals surface area contributed by atoms with E-state index < -0.39 is 17.2 Å². The summed E-state index contributed by atoms with van der Waals surface area (Å²) in [7, 11) is 0. The first-order valence-electron chi connectivity index (χ1n) is 10.9. The van der Waals surface area contributed by atoms with Gasteiger partial charge in [-0.1, -0.05) is 18.2 Å². The van der Waals surface area contributed by atoms with E-state index in [0.717, 1.165) is 64.6 Å². The van der Waals surface area contributed by atoms with Gasteiger partial charge in [-0.25, -0.2) is 0 Å². The van der Waals surface area contributed by atoms with Crippen LogP contribution in [0.3, 0.4) is 0 Å². The number of carbonyl (C=O) groups is 1. The summed E-state index contributed by atoms with van der Waals surface area (Å²) < 4.78 is 45.3. The maximum atomic E-state index is 13.3. The van der Waals surface area contributed by atoms with E-state index in [2.05, 4.69) is 15.5 Å². The number of piperidine rings is 1. The van der Waals surface area contributed by atoms with Gasteiger partial charge in [0.05, 0.1) is 24.2 Å². The fourth-order valence-electron chi connectivity index (χ4n) is 5.47. The Morgan fingerprint density at radius 3 is 2.62 bits per heavy atom. The van der Waals surface area contributed by atoms with E-state index in [0.29, 0.717) is 12.6 Å². The lowest BCUT2D eigenvalue weighted by molar-refractivity contribution is -0.142. The average molecular weight is 498 g/mol. The highest BCUT2D eigenvalue weighted by atomic mass is 35.5. The molecule has 3 fully saturated rings. The lowest BCUT2D eigenvalue weighted by Crippen LogP contribution is -2.60. The topological polar surface area (TPSA) is 53.6 Å². The minimum Gasteiger partial charge on any atom is -0.379 e. The number of morpholine rings is 1. The Kier molecular flexibility index (Phi) is 9.67. The lowest BCUT2D eigenvalue weighted by Gasteiger charge is -2.51. The molecule has 1 saturated carbocycles. The van der Waals surface area contributed by atoms with Crippen molar-refractivity contribution in [3.8, 4) is 0 Å². The molecule has 0 spiro atoms. The monoisotopic (exact) mass is 497 g/mol. The molecule has 10 heteroatoms. The zero-order chi connectivity index (χ0) is 21.2. The number of amides is 1. The van der Waals surface area contributed by atoms with Crippen LogP contribution in [-0.2, 0) is 22.3 Å². The summed E-state index contributed by atoms with van der Waals surface area (Å²) in [6.45, 7) is 4.76. The molecule has 0 aromatic heterocycles. The molecule has 4 rings (SSSR count). The van der Waals surface area contributed by atoms with Gasteiger partial charge in [0, 0.05) is 32.2 Å². The Morgan fingerprint density at radius 1 is 1.19 bits per heavy atom. The number of hydrogen-bond acceptors (Lipinski definition) is 4. The summed E-state index contributed by atoms with van der Waals surface area (Å²) in [6.07, 6.45) is -0.837. The smallest absolute Gasteiger partial charge is 0.379 e. The third-order valence-corrected chi connectivity index (χ3v) is 7.15. The van der Waals surface area contributed by atoms with Crippen LogP contribution in [0.1, 0.15) is 36.8 Å². The zero-order valence-electron chi connectivity index (χ0n) is 18.0. The number of rotatable bonds is 4. The highest BCUT2D eigenvalue weighted by Crippen LogP contribution is 2.46. The first kappa shape index (κ1) is 27.2. The normalized spacial score (nSPS) is 28.6. The molecule has 2 heterocycles. The summed E-state index contributed by atoms with van der Waals surface area (Å²) in [5, 5.41) is 6.21. The summed E-state index contributed by atoms with van der Waals surface area (Å²) in [4.78, 5) is 15.8. The Balaban J connectivity index is 0.00000181. The number of carbonyl (C=O) groups excluding carboxylic acids is 1. The molecule has 182 valence electrons. The third-order valence-electron chi connectivity index (χ3n) is 7.15. The van der Waals surface area contributed by atoms with Crippen molar-refractivity contribution in [3.05, 3.63) is 35.4 Å². The van der Waals surface area contributed by atoms with Crippen LogP contribution in [0, 0.1) is 11.3 Å². The number of benzene rings is 1. The van der Waals surface area contributed by atoms with Gasteiger partial charge in [0.25, 0.3) is 0 Å². The maximum Gasteiger partial charge on any atom is 0.416 e. The van der Waals surface area contributed by atoms with Gasteiger partial charge >= 0.3 is 6.18 Å². The van der Waals surface area contributed by atoms with Crippen molar-refractivity contribution in [2.24, 2.45) is 11.3 Å². The van der Waals surface area contributed by atoms with Gasteiger partial charge in [-0.15, -0.1) is 24.8 Å². The van der Waals surface area contributed by atoms with Crippen LogP contribution < -0.4 is 10.6 Å². The molecule has 5 nitrogen and oxygen atoms in total. The summed E-state index contributed by atoms with van der Waals surface area (Å²) in [6, 6.07) is 5.92. The van der Waals surface area contributed by atoms with E-state index >= 15 is 0 Å². The fourth-order valence-corrected chi connectivity index (χ4v) is 5.47. The highest BCUT2D eigenvalue weighted by Gasteiger charge is 2.50. The Morgan fingerprint density at radius 2 is 1.91 bits per heavy atom. The fraction of sp³-hybridized carbons (Fsp3) is 0.682. The lowest BCUT2D eigenvalue weighted by atomic mass is 9.61. The van der Waals surface area contributed by atoms with Gasteiger partial charge in [0.15, 0.2) is 0 Å². The SMILES string of the molecule is Cl.Cl.O=C(NCc1ccccc1C(F)(F)F)[C@@]12CC[C@H](N3CCOCC3)C[C@H]1CCNC2. The van der Waals surface area contributed by atoms with Gasteiger partial charge in [0.2, 0.25) is 5.91 Å². The van der Waals surface area contributed by atoms with Crippen LogP contribution in [0.15, 0.2) is 24.3 Å². The maximum absolute atomic E-state index is 13.3. The molecule has 1 aliphatic carbocycles. The number of nitrogens with zero attached hydrogens (tertiary/aromatic N) is 1. The van der Waals surface area contributed by atoms with Crippen molar-refractivity contribution < 1.29 is 22.7 Å². The predicted molar refractivity (Wildman–Crippen MR) is 121 cm³/mol. The molecule has 2 N–H and O–H groups in total. The number of halogens is 5. The largest absolute Gasteiger partial charge is 0.416 e. The first-order chi connectivity index (χ1) is 14.4. The summed E-state index contributed by atoms with van der Waals surface area (Å²) in [5.74, 6) is 0.135. The van der Waals surface area contributed by atoms with Gasteiger partial charge in [0.1, 0.15) is 0 Å². The molecular weight excluding hydrogens is 466 g/mol. The summed E-state index contributed by atoms with van der Waals surface area (Å²) in [5.41, 5.74) is -1.11. The van der Waals surface area contributed by atoms with E-state index in [1.165, 1.54) is 12.1 Å². The Bertz CT molecular complexity index is 762. The summed E-state index contributed by atoms with van der Waals surface area (Å²) >= 11 is 0. The third kappa shape index (κ3) is 5.70. The van der Waals surface area contributed by atoms with E-state index in [-0.39, 0.29) is 48.7 Å². The van der Waals surface area contributed by atoms with E-state index in [9.17, 15) is 18.0 Å². The number of hydrogen-bond donors (Lipinski definition) is 2. The van der Waals surface area contributed by atoms with Crippen LogP contribution in [0.25, 0.3) is 0 Å². The van der Waals surface area contributed by atoms with Gasteiger partial charge in [-0.3, -0.25) is 9.69 Å². The highest BCUT2D eigenvalue weighted by molar-refractivity contribution is 5.85. The minimum atomic E-state index is -4.43. The molecule has 3 aliphatic rings. The number of fused-ring (bicyclic) bond motifs is 1. The molecule has 1 aromatic carbocycles. The second kappa shape index (κ2) is 11.4. The van der Waals surface area contributed by atoms with E-state index in [1.54, 1.807) is 6.07 Å². The molecule has 1 aromatic rings. The second-order valence-electron chi connectivity index (χ2n) is 8.73. The number of alkyl halides is 3. The van der Waals surface area contributed by atoms with Crippen LogP contribution in [0.5, 0.6) is 0 Å². The minimum absolute atomic E-state index is 0. The Labute approximate surface area is 199 Å². The van der Waals surface area contributed by atoms with Gasteiger partial charge in [-0.05, 0) is 49.8 Å². The first-order valence-corrected chi connectivity index (χ1v) is 10.9. The molecule has 3 atom stereocenters. The number of ether oxygens (including phenoxy) is 1. The molecule has 0 unspecified atom stereocenters. The van der Waals surface area contributed by atoms with Crippen LogP contribution >= 0.6 is 24.8 Å². The van der Waals surface area contributed by atoms with Crippen molar-refractivity contribution in [3.63, 3.8) is 0 Å². The van der Waals surface area contributed by atoms with Crippen molar-refractivity contribution in [2.75, 3.05) is 39.4 Å². The Hall–Kier alpha value is -1.06. The van der Waals surface area contributed by atoms with E-state index in [4.69, 9.17) is 4.74 Å². The van der Waals surface area contributed by atoms with E-state index in [1.807, 2.05) is 0 Å². The molecule has 1 amide bonds. The van der Waals surface area contributed by atoms with Crippen molar-refractivity contribution in [1.29, 1.82) is 0 Å². The standard InChI is InChI=1S/C22H30F3N3O2.2ClH/c23-22(24,25)19-4-2-1-3-16(19)14-27-20(29)21-7-5-18(28-9-11-30-12-10-28)13-17(21)6-8-26-15-21;;/h1-4,17-18,26H,5-15H2,(H,27,29);2*1H/t17-,18+,21-;;/m1../s1. The van der Waals surface area contributed by atoms with Crippen LogP contribution in [0.4, 0.5) is 13.2 Å². The molecular formula is C22H32Cl2F3N3O2. The van der Waals surface area contributed by atoms with Crippen molar-refractivity contribution >= 4 is 30.7 Å². The molecule has 0 bridgehead atoms. The van der Waals surface area contributed by atoms with Crippen LogP contribution in [0.2, 0.25) is 0 Å². The molecule has 0 radical (unpaired) electrons. The van der Waals surface area contributed by atoms with Crippen molar-refractivity contribution in [1.82, 2.24) is 15.5 Å². The van der Waals surface area contributed by atoms with Crippen LogP contribution in [-0.4, -0.2) is 56.2 Å². The quantitative estimate of drug-likeness (QED) is 0.666. The molecule has 32 heavy (non-hydrogen) atoms. The van der Waals surface area contributed by atoms with Gasteiger partial charge < -0.3 is 15.4 Å². The predicted octanol–water partition coefficient (Wildman–Crippen LogP) is 3.65. The second-order valence-corrected chi connectivity index (χ2v) is 8.73.